The fraction of sp³-hybridized carbons (Fsp3) is 0.200. The highest BCUT2D eigenvalue weighted by molar-refractivity contribution is 6.39. The first-order valence-corrected chi connectivity index (χ1v) is 16.8. The minimum Gasteiger partial charge on any atom is -0.489 e. The molecule has 0 amide bonds. The normalized spacial score (nSPS) is 10.3. The van der Waals surface area contributed by atoms with Crippen molar-refractivity contribution in [2.24, 2.45) is 0 Å². The van der Waals surface area contributed by atoms with Gasteiger partial charge in [-0.1, -0.05) is 72.9 Å². The molecule has 3 aromatic carbocycles. The Labute approximate surface area is 295 Å². The molecule has 49 heavy (non-hydrogen) atoms. The second-order valence-corrected chi connectivity index (χ2v) is 11.6. The van der Waals surface area contributed by atoms with E-state index >= 15 is 0 Å². The van der Waals surface area contributed by atoms with Crippen molar-refractivity contribution in [3.05, 3.63) is 200 Å². The van der Waals surface area contributed by atoms with Crippen molar-refractivity contribution in [1.29, 1.82) is 0 Å². The molecular weight excluding hydrogens is 599 g/mol. The largest absolute Gasteiger partial charge is 0.864 e. The Kier molecular flexibility index (Phi) is 15.8. The van der Waals surface area contributed by atoms with E-state index < -0.39 is 7.32 Å². The van der Waals surface area contributed by atoms with Crippen LogP contribution in [-0.4, -0.2) is 7.32 Å². The van der Waals surface area contributed by atoms with E-state index in [-0.39, 0.29) is 0 Å². The van der Waals surface area contributed by atoms with Crippen LogP contribution in [-0.2, 0) is 57.8 Å². The number of hydrogen-bond donors (Lipinski definition) is 0. The van der Waals surface area contributed by atoms with Crippen LogP contribution in [0.25, 0.3) is 0 Å². The molecule has 0 radical (unpaired) electrons. The van der Waals surface area contributed by atoms with Crippen LogP contribution in [0.2, 0.25) is 0 Å². The molecular formula is C45H51BO3. The van der Waals surface area contributed by atoms with Crippen LogP contribution in [0.15, 0.2) is 150 Å². The lowest BCUT2D eigenvalue weighted by molar-refractivity contribution is 0.303. The van der Waals surface area contributed by atoms with Gasteiger partial charge in [-0.3, -0.25) is 0 Å². The van der Waals surface area contributed by atoms with Gasteiger partial charge in [-0.05, 0) is 109 Å². The van der Waals surface area contributed by atoms with Gasteiger partial charge in [-0.25, -0.2) is 0 Å². The minimum atomic E-state index is -1.15. The van der Waals surface area contributed by atoms with Gasteiger partial charge in [0.2, 0.25) is 0 Å². The second-order valence-electron chi connectivity index (χ2n) is 11.6. The van der Waals surface area contributed by atoms with Crippen molar-refractivity contribution in [3.63, 3.8) is 0 Å². The third kappa shape index (κ3) is 9.90. The highest BCUT2D eigenvalue weighted by Crippen LogP contribution is 2.34. The number of hydrogen-bond acceptors (Lipinski definition) is 3. The van der Waals surface area contributed by atoms with Crippen molar-refractivity contribution >= 4 is 7.32 Å². The number of allylic oxidation sites excluding steroid dienone is 9. The number of rotatable bonds is 24. The molecule has 0 saturated heterocycles. The zero-order valence-electron chi connectivity index (χ0n) is 29.2. The van der Waals surface area contributed by atoms with Crippen molar-refractivity contribution in [2.75, 3.05) is 0 Å². The molecule has 0 aliphatic rings. The van der Waals surface area contributed by atoms with E-state index in [1.54, 1.807) is 0 Å². The van der Waals surface area contributed by atoms with Crippen molar-refractivity contribution in [2.45, 2.75) is 57.8 Å². The molecule has 0 aromatic heterocycles. The van der Waals surface area contributed by atoms with Crippen LogP contribution in [0.5, 0.6) is 17.2 Å². The molecule has 3 nitrogen and oxygen atoms in total. The Morgan fingerprint density at radius 3 is 0.776 bits per heavy atom. The van der Waals surface area contributed by atoms with Gasteiger partial charge in [0.1, 0.15) is 17.2 Å². The zero-order valence-corrected chi connectivity index (χ0v) is 29.2. The molecule has 3 aromatic rings. The van der Waals surface area contributed by atoms with Crippen LogP contribution >= 0.6 is 0 Å². The van der Waals surface area contributed by atoms with E-state index in [1.165, 1.54) is 0 Å². The van der Waals surface area contributed by atoms with E-state index in [4.69, 9.17) is 14.0 Å². The van der Waals surface area contributed by atoms with Gasteiger partial charge in [0, 0.05) is 16.7 Å². The summed E-state index contributed by atoms with van der Waals surface area (Å²) < 4.78 is 20.3. The zero-order chi connectivity index (χ0) is 35.6. The van der Waals surface area contributed by atoms with Gasteiger partial charge in [0.05, 0.1) is 0 Å². The average Bonchev–Trinajstić information content (AvgIpc) is 3.09. The molecule has 0 aliphatic heterocycles. The van der Waals surface area contributed by atoms with Gasteiger partial charge in [-0.15, -0.1) is 59.2 Å². The maximum Gasteiger partial charge on any atom is 0.864 e. The van der Waals surface area contributed by atoms with E-state index in [1.807, 2.05) is 72.9 Å². The highest BCUT2D eigenvalue weighted by atomic mass is 16.7. The third-order valence-electron chi connectivity index (χ3n) is 8.31. The highest BCUT2D eigenvalue weighted by Gasteiger charge is 2.34. The Morgan fingerprint density at radius 2 is 0.551 bits per heavy atom. The fourth-order valence-corrected chi connectivity index (χ4v) is 6.21. The smallest absolute Gasteiger partial charge is 0.489 e. The summed E-state index contributed by atoms with van der Waals surface area (Å²) in [6, 6.07) is 12.2. The lowest BCUT2D eigenvalue weighted by Gasteiger charge is -2.24. The molecule has 0 bridgehead atoms. The van der Waals surface area contributed by atoms with Gasteiger partial charge < -0.3 is 14.0 Å². The van der Waals surface area contributed by atoms with Crippen LogP contribution in [0.1, 0.15) is 50.1 Å². The Balaban J connectivity index is 2.28. The average molecular weight is 651 g/mol. The second kappa shape index (κ2) is 20.2. The Bertz CT molecular complexity index is 1490. The summed E-state index contributed by atoms with van der Waals surface area (Å²) in [5.41, 5.74) is 9.91. The van der Waals surface area contributed by atoms with Crippen molar-refractivity contribution in [3.8, 4) is 17.2 Å². The van der Waals surface area contributed by atoms with Gasteiger partial charge in [-0.2, -0.15) is 0 Å². The molecule has 0 fully saturated rings. The summed E-state index contributed by atoms with van der Waals surface area (Å²) in [5, 5.41) is 0. The first kappa shape index (κ1) is 38.2. The van der Waals surface area contributed by atoms with E-state index in [2.05, 4.69) is 77.4 Å². The lowest BCUT2D eigenvalue weighted by Crippen LogP contribution is -2.38. The van der Waals surface area contributed by atoms with Crippen LogP contribution in [0.3, 0.4) is 0 Å². The molecule has 0 aliphatic carbocycles. The topological polar surface area (TPSA) is 27.7 Å². The predicted octanol–water partition coefficient (Wildman–Crippen LogP) is 10.8. The maximum absolute atomic E-state index is 6.77. The summed E-state index contributed by atoms with van der Waals surface area (Å²) >= 11 is 0. The molecule has 0 heterocycles. The lowest BCUT2D eigenvalue weighted by atomic mass is 9.92. The predicted molar refractivity (Wildman–Crippen MR) is 212 cm³/mol. The minimum absolute atomic E-state index is 0.596. The standard InChI is InChI=1S/C45H51BO3/c1-10-19-34-28-31-43(40(25-16-7)37(34)22-13-4)47-46(48-44-32-29-35(20-11-2)38(23-14-5)41(44)26-17-8)49-45-33-30-36(21-12-3)39(24-15-6)42(45)27-18-9/h10-18,28-33H,1-9,19-27H2. The molecule has 0 unspecified atom stereocenters. The molecule has 0 saturated carbocycles. The van der Waals surface area contributed by atoms with Crippen molar-refractivity contribution in [1.82, 2.24) is 0 Å². The monoisotopic (exact) mass is 650 g/mol. The summed E-state index contributed by atoms with van der Waals surface area (Å²) in [5.74, 6) is 1.94. The fourth-order valence-electron chi connectivity index (χ4n) is 6.21. The summed E-state index contributed by atoms with van der Waals surface area (Å²) in [6.45, 7) is 36.1. The van der Waals surface area contributed by atoms with Crippen molar-refractivity contribution < 1.29 is 14.0 Å². The first-order chi connectivity index (χ1) is 23.9. The Morgan fingerprint density at radius 1 is 0.327 bits per heavy atom. The number of benzene rings is 3. The van der Waals surface area contributed by atoms with Gasteiger partial charge in [0.25, 0.3) is 0 Å². The molecule has 0 spiro atoms. The van der Waals surface area contributed by atoms with Gasteiger partial charge >= 0.3 is 7.32 Å². The van der Waals surface area contributed by atoms with Crippen LogP contribution in [0.4, 0.5) is 0 Å². The van der Waals surface area contributed by atoms with Gasteiger partial charge in [0.15, 0.2) is 0 Å². The molecule has 3 rings (SSSR count). The molecule has 4 heteroatoms. The summed E-state index contributed by atoms with van der Waals surface area (Å²) in [6.07, 6.45) is 23.1. The quantitative estimate of drug-likeness (QED) is 0.0713. The molecule has 0 N–H and O–H groups in total. The van der Waals surface area contributed by atoms with E-state index in [9.17, 15) is 0 Å². The Hall–Kier alpha value is -5.22. The maximum atomic E-state index is 6.77. The SMILES string of the molecule is C=CCc1ccc(OB(Oc2ccc(CC=C)c(CC=C)c2CC=C)Oc2ccc(CC=C)c(CC=C)c2CC=C)c(CC=C)c1CC=C. The summed E-state index contributed by atoms with van der Waals surface area (Å²) in [4.78, 5) is 0. The van der Waals surface area contributed by atoms with Crippen LogP contribution < -0.4 is 14.0 Å². The molecule has 252 valence electrons. The molecule has 0 atom stereocenters. The summed E-state index contributed by atoms with van der Waals surface area (Å²) in [7, 11) is -1.15. The first-order valence-electron chi connectivity index (χ1n) is 16.8. The van der Waals surface area contributed by atoms with E-state index in [0.717, 1.165) is 69.3 Å². The third-order valence-corrected chi connectivity index (χ3v) is 8.31. The van der Waals surface area contributed by atoms with E-state index in [0.29, 0.717) is 55.8 Å². The van der Waals surface area contributed by atoms with Crippen LogP contribution in [0, 0.1) is 0 Å².